The number of aliphatic carboxylic acids is 1. The van der Waals surface area contributed by atoms with E-state index in [9.17, 15) is 14.7 Å². The van der Waals surface area contributed by atoms with Crippen LogP contribution < -0.4 is 5.32 Å². The van der Waals surface area contributed by atoms with Crippen LogP contribution in [0, 0.1) is 5.92 Å². The van der Waals surface area contributed by atoms with Gasteiger partial charge in [-0.25, -0.2) is 0 Å². The lowest BCUT2D eigenvalue weighted by atomic mass is 9.97. The molecule has 0 aliphatic rings. The number of carboxylic acid groups (broad SMARTS) is 1. The van der Waals surface area contributed by atoms with Crippen molar-refractivity contribution in [3.05, 3.63) is 70.2 Å². The van der Waals surface area contributed by atoms with Gasteiger partial charge in [-0.2, -0.15) is 0 Å². The van der Waals surface area contributed by atoms with E-state index in [1.807, 2.05) is 61.5 Å². The van der Waals surface area contributed by atoms with Crippen LogP contribution in [0.15, 0.2) is 59.1 Å². The minimum Gasteiger partial charge on any atom is -0.481 e. The van der Waals surface area contributed by atoms with E-state index >= 15 is 0 Å². The molecule has 4 nitrogen and oxygen atoms in total. The molecule has 0 saturated heterocycles. The number of hydrogen-bond acceptors (Lipinski definition) is 2. The number of rotatable bonds is 7. The van der Waals surface area contributed by atoms with E-state index in [2.05, 4.69) is 21.2 Å². The van der Waals surface area contributed by atoms with Crippen LogP contribution in [-0.2, 0) is 16.0 Å². The highest BCUT2D eigenvalue weighted by Gasteiger charge is 2.21. The first kappa shape index (κ1) is 18.2. The highest BCUT2D eigenvalue weighted by atomic mass is 79.9. The highest BCUT2D eigenvalue weighted by molar-refractivity contribution is 9.10. The minimum atomic E-state index is -0.907. The van der Waals surface area contributed by atoms with Crippen LogP contribution in [0.25, 0.3) is 0 Å². The van der Waals surface area contributed by atoms with Gasteiger partial charge in [-0.15, -0.1) is 0 Å². The van der Waals surface area contributed by atoms with E-state index in [0.29, 0.717) is 6.42 Å². The Balaban J connectivity index is 1.94. The average molecular weight is 390 g/mol. The molecule has 2 aromatic carbocycles. The average Bonchev–Trinajstić information content (AvgIpc) is 2.59. The van der Waals surface area contributed by atoms with Crippen molar-refractivity contribution in [2.24, 2.45) is 5.92 Å². The van der Waals surface area contributed by atoms with Gasteiger partial charge >= 0.3 is 5.97 Å². The smallest absolute Gasteiger partial charge is 0.308 e. The molecule has 24 heavy (non-hydrogen) atoms. The Morgan fingerprint density at radius 3 is 2.29 bits per heavy atom. The van der Waals surface area contributed by atoms with Crippen LogP contribution >= 0.6 is 15.9 Å². The van der Waals surface area contributed by atoms with Crippen molar-refractivity contribution in [1.82, 2.24) is 5.32 Å². The van der Waals surface area contributed by atoms with Crippen LogP contribution in [0.1, 0.15) is 24.0 Å². The topological polar surface area (TPSA) is 66.4 Å². The van der Waals surface area contributed by atoms with Gasteiger partial charge < -0.3 is 10.4 Å². The second kappa shape index (κ2) is 8.64. The predicted molar refractivity (Wildman–Crippen MR) is 96.8 cm³/mol. The van der Waals surface area contributed by atoms with Crippen molar-refractivity contribution >= 4 is 27.8 Å². The van der Waals surface area contributed by atoms with E-state index in [1.54, 1.807) is 0 Å². The molecule has 126 valence electrons. The van der Waals surface area contributed by atoms with E-state index < -0.39 is 11.9 Å². The summed E-state index contributed by atoms with van der Waals surface area (Å²) in [6.07, 6.45) is 0.392. The molecule has 0 saturated carbocycles. The van der Waals surface area contributed by atoms with Crippen molar-refractivity contribution in [2.45, 2.75) is 19.3 Å². The van der Waals surface area contributed by atoms with Gasteiger partial charge in [0.1, 0.15) is 0 Å². The summed E-state index contributed by atoms with van der Waals surface area (Å²) in [7, 11) is 0. The maximum Gasteiger partial charge on any atom is 0.308 e. The van der Waals surface area contributed by atoms with Gasteiger partial charge in [0.05, 0.1) is 11.8 Å². The van der Waals surface area contributed by atoms with Crippen LogP contribution in [0.5, 0.6) is 0 Å². The Labute approximate surface area is 150 Å². The largest absolute Gasteiger partial charge is 0.481 e. The lowest BCUT2D eigenvalue weighted by molar-refractivity contribution is -0.141. The number of hydrogen-bond donors (Lipinski definition) is 2. The van der Waals surface area contributed by atoms with Crippen LogP contribution in [0.2, 0.25) is 0 Å². The number of benzene rings is 2. The van der Waals surface area contributed by atoms with Gasteiger partial charge in [0, 0.05) is 11.0 Å². The second-order valence-electron chi connectivity index (χ2n) is 5.74. The zero-order chi connectivity index (χ0) is 17.5. The molecule has 2 unspecified atom stereocenters. The van der Waals surface area contributed by atoms with Crippen molar-refractivity contribution in [2.75, 3.05) is 6.54 Å². The summed E-state index contributed by atoms with van der Waals surface area (Å²) < 4.78 is 0.952. The number of halogens is 1. The molecule has 0 bridgehead atoms. The predicted octanol–water partition coefficient (Wildman–Crippen LogP) is 3.61. The summed E-state index contributed by atoms with van der Waals surface area (Å²) in [4.78, 5) is 23.7. The molecule has 2 atom stereocenters. The normalized spacial score (nSPS) is 13.1. The Morgan fingerprint density at radius 1 is 1.08 bits per heavy atom. The Kier molecular flexibility index (Phi) is 6.55. The molecule has 2 aromatic rings. The summed E-state index contributed by atoms with van der Waals surface area (Å²) in [6.45, 7) is 1.93. The van der Waals surface area contributed by atoms with Crippen LogP contribution in [0.3, 0.4) is 0 Å². The van der Waals surface area contributed by atoms with E-state index in [1.165, 1.54) is 0 Å². The molecule has 2 rings (SSSR count). The molecule has 0 aromatic heterocycles. The number of carboxylic acids is 1. The van der Waals surface area contributed by atoms with Crippen LogP contribution in [0.4, 0.5) is 0 Å². The lowest BCUT2D eigenvalue weighted by Gasteiger charge is -2.16. The van der Waals surface area contributed by atoms with E-state index in [-0.39, 0.29) is 18.4 Å². The highest BCUT2D eigenvalue weighted by Crippen LogP contribution is 2.19. The summed E-state index contributed by atoms with van der Waals surface area (Å²) in [5, 5.41) is 12.1. The first-order valence-corrected chi connectivity index (χ1v) is 8.56. The van der Waals surface area contributed by atoms with Gasteiger partial charge in [0.2, 0.25) is 5.91 Å². The van der Waals surface area contributed by atoms with Gasteiger partial charge in [-0.05, 0) is 36.6 Å². The van der Waals surface area contributed by atoms with E-state index in [0.717, 1.165) is 15.6 Å². The van der Waals surface area contributed by atoms with Crippen molar-refractivity contribution in [3.63, 3.8) is 0 Å². The standard InChI is InChI=1S/C19H20BrNO3/c1-13(15-7-9-17(20)10-8-15)18(22)21-12-16(19(23)24)11-14-5-3-2-4-6-14/h2-10,13,16H,11-12H2,1H3,(H,21,22)(H,23,24). The van der Waals surface area contributed by atoms with Crippen molar-refractivity contribution < 1.29 is 14.7 Å². The Hall–Kier alpha value is -2.14. The zero-order valence-corrected chi connectivity index (χ0v) is 15.0. The minimum absolute atomic E-state index is 0.115. The first-order valence-electron chi connectivity index (χ1n) is 7.77. The number of amides is 1. The molecule has 1 amide bonds. The quantitative estimate of drug-likeness (QED) is 0.759. The molecule has 0 fully saturated rings. The van der Waals surface area contributed by atoms with Crippen LogP contribution in [-0.4, -0.2) is 23.5 Å². The number of nitrogens with one attached hydrogen (secondary N) is 1. The van der Waals surface area contributed by atoms with Crippen molar-refractivity contribution in [1.29, 1.82) is 0 Å². The fourth-order valence-electron chi connectivity index (χ4n) is 2.43. The molecule has 5 heteroatoms. The molecular weight excluding hydrogens is 370 g/mol. The zero-order valence-electron chi connectivity index (χ0n) is 13.4. The summed E-state index contributed by atoms with van der Waals surface area (Å²) in [5.74, 6) is -2.05. The SMILES string of the molecule is CC(C(=O)NCC(Cc1ccccc1)C(=O)O)c1ccc(Br)cc1. The monoisotopic (exact) mass is 389 g/mol. The van der Waals surface area contributed by atoms with Crippen molar-refractivity contribution in [3.8, 4) is 0 Å². The summed E-state index contributed by atoms with van der Waals surface area (Å²) in [5.41, 5.74) is 1.84. The molecule has 0 spiro atoms. The lowest BCUT2D eigenvalue weighted by Crippen LogP contribution is -2.36. The fraction of sp³-hybridized carbons (Fsp3) is 0.263. The molecular formula is C19H20BrNO3. The van der Waals surface area contributed by atoms with Gasteiger partial charge in [0.25, 0.3) is 0 Å². The third-order valence-electron chi connectivity index (χ3n) is 3.96. The summed E-state index contributed by atoms with van der Waals surface area (Å²) in [6, 6.07) is 17.0. The molecule has 0 aliphatic carbocycles. The van der Waals surface area contributed by atoms with Gasteiger partial charge in [-0.1, -0.05) is 58.4 Å². The Bertz CT molecular complexity index is 686. The first-order chi connectivity index (χ1) is 11.5. The number of carbonyl (C=O) groups is 2. The maximum absolute atomic E-state index is 12.3. The Morgan fingerprint density at radius 2 is 1.71 bits per heavy atom. The number of carbonyl (C=O) groups excluding carboxylic acids is 1. The third-order valence-corrected chi connectivity index (χ3v) is 4.49. The molecule has 0 aliphatic heterocycles. The molecule has 0 heterocycles. The van der Waals surface area contributed by atoms with E-state index in [4.69, 9.17) is 0 Å². The molecule has 2 N–H and O–H groups in total. The summed E-state index contributed by atoms with van der Waals surface area (Å²) >= 11 is 3.36. The maximum atomic E-state index is 12.3. The molecule has 0 radical (unpaired) electrons. The third kappa shape index (κ3) is 5.20. The fourth-order valence-corrected chi connectivity index (χ4v) is 2.69. The van der Waals surface area contributed by atoms with Gasteiger partial charge in [0.15, 0.2) is 0 Å². The van der Waals surface area contributed by atoms with Gasteiger partial charge in [-0.3, -0.25) is 9.59 Å². The second-order valence-corrected chi connectivity index (χ2v) is 6.66.